The molecule has 0 bridgehead atoms. The summed E-state index contributed by atoms with van der Waals surface area (Å²) in [5, 5.41) is 8.81. The van der Waals surface area contributed by atoms with Gasteiger partial charge in [-0.15, -0.1) is 0 Å². The zero-order valence-electron chi connectivity index (χ0n) is 8.53. The van der Waals surface area contributed by atoms with Gasteiger partial charge in [-0.3, -0.25) is 0 Å². The van der Waals surface area contributed by atoms with Crippen LogP contribution in [0.3, 0.4) is 0 Å². The molecule has 15 heavy (non-hydrogen) atoms. The van der Waals surface area contributed by atoms with E-state index in [0.717, 1.165) is 5.52 Å². The standard InChI is InChI=1S/C11H10FN3/c1-7(6-13)11-14-9-4-3-8(12)5-10(9)15(11)2/h3-5,7H,1-2H3. The summed E-state index contributed by atoms with van der Waals surface area (Å²) >= 11 is 0. The molecular weight excluding hydrogens is 193 g/mol. The molecule has 0 fully saturated rings. The Bertz CT molecular complexity index is 551. The van der Waals surface area contributed by atoms with Crippen LogP contribution in [0.1, 0.15) is 18.7 Å². The molecule has 1 unspecified atom stereocenters. The highest BCUT2D eigenvalue weighted by atomic mass is 19.1. The van der Waals surface area contributed by atoms with Gasteiger partial charge in [0.05, 0.1) is 17.1 Å². The molecule has 0 spiro atoms. The van der Waals surface area contributed by atoms with Crippen molar-refractivity contribution in [1.82, 2.24) is 9.55 Å². The van der Waals surface area contributed by atoms with Crippen molar-refractivity contribution < 1.29 is 4.39 Å². The molecule has 0 saturated heterocycles. The minimum absolute atomic E-state index is 0.287. The van der Waals surface area contributed by atoms with Crippen molar-refractivity contribution in [2.24, 2.45) is 7.05 Å². The second-order valence-corrected chi connectivity index (χ2v) is 3.51. The lowest BCUT2D eigenvalue weighted by atomic mass is 10.2. The topological polar surface area (TPSA) is 41.6 Å². The first-order valence-electron chi connectivity index (χ1n) is 4.65. The fourth-order valence-corrected chi connectivity index (χ4v) is 1.63. The van der Waals surface area contributed by atoms with E-state index >= 15 is 0 Å². The van der Waals surface area contributed by atoms with Crippen molar-refractivity contribution >= 4 is 11.0 Å². The molecule has 0 amide bonds. The minimum atomic E-state index is -0.290. The van der Waals surface area contributed by atoms with Crippen molar-refractivity contribution in [2.75, 3.05) is 0 Å². The molecule has 76 valence electrons. The van der Waals surface area contributed by atoms with E-state index in [1.807, 2.05) is 0 Å². The summed E-state index contributed by atoms with van der Waals surface area (Å²) in [5.41, 5.74) is 1.43. The van der Waals surface area contributed by atoms with Gasteiger partial charge in [0.2, 0.25) is 0 Å². The highest BCUT2D eigenvalue weighted by Crippen LogP contribution is 2.20. The van der Waals surface area contributed by atoms with Gasteiger partial charge in [0.15, 0.2) is 0 Å². The third kappa shape index (κ3) is 1.46. The number of halogens is 1. The summed E-state index contributed by atoms with van der Waals surface area (Å²) in [6.45, 7) is 1.78. The average Bonchev–Trinajstić information content (AvgIpc) is 2.55. The largest absolute Gasteiger partial charge is 0.330 e. The van der Waals surface area contributed by atoms with Gasteiger partial charge in [-0.1, -0.05) is 0 Å². The Balaban J connectivity index is 2.71. The molecule has 3 nitrogen and oxygen atoms in total. The van der Waals surface area contributed by atoms with Crippen molar-refractivity contribution in [2.45, 2.75) is 12.8 Å². The Morgan fingerprint density at radius 3 is 2.93 bits per heavy atom. The lowest BCUT2D eigenvalue weighted by Gasteiger charge is -2.02. The Morgan fingerprint density at radius 2 is 2.27 bits per heavy atom. The second kappa shape index (κ2) is 3.35. The van der Waals surface area contributed by atoms with E-state index in [9.17, 15) is 4.39 Å². The number of aryl methyl sites for hydroxylation is 1. The molecule has 2 aromatic rings. The van der Waals surface area contributed by atoms with Gasteiger partial charge >= 0.3 is 0 Å². The van der Waals surface area contributed by atoms with E-state index in [4.69, 9.17) is 5.26 Å². The number of hydrogen-bond acceptors (Lipinski definition) is 2. The first-order valence-corrected chi connectivity index (χ1v) is 4.65. The molecule has 0 radical (unpaired) electrons. The number of hydrogen-bond donors (Lipinski definition) is 0. The minimum Gasteiger partial charge on any atom is -0.330 e. The van der Waals surface area contributed by atoms with Crippen LogP contribution in [0.2, 0.25) is 0 Å². The van der Waals surface area contributed by atoms with Gasteiger partial charge < -0.3 is 4.57 Å². The maximum absolute atomic E-state index is 13.0. The van der Waals surface area contributed by atoms with Crippen LogP contribution < -0.4 is 0 Å². The Morgan fingerprint density at radius 1 is 1.53 bits per heavy atom. The van der Waals surface area contributed by atoms with Crippen molar-refractivity contribution in [1.29, 1.82) is 5.26 Å². The lowest BCUT2D eigenvalue weighted by Crippen LogP contribution is -2.00. The SMILES string of the molecule is CC(C#N)c1nc2ccc(F)cc2n1C. The number of benzene rings is 1. The molecule has 1 heterocycles. The zero-order chi connectivity index (χ0) is 11.0. The predicted molar refractivity (Wildman–Crippen MR) is 54.7 cm³/mol. The molecule has 0 saturated carbocycles. The fraction of sp³-hybridized carbons (Fsp3) is 0.273. The van der Waals surface area contributed by atoms with Crippen LogP contribution in [0.25, 0.3) is 11.0 Å². The molecule has 0 aliphatic carbocycles. The van der Waals surface area contributed by atoms with Crippen LogP contribution in [0.15, 0.2) is 18.2 Å². The molecule has 4 heteroatoms. The summed E-state index contributed by atoms with van der Waals surface area (Å²) in [7, 11) is 1.79. The van der Waals surface area contributed by atoms with Crippen LogP contribution >= 0.6 is 0 Å². The highest BCUT2D eigenvalue weighted by molar-refractivity contribution is 5.76. The average molecular weight is 203 g/mol. The van der Waals surface area contributed by atoms with Crippen LogP contribution in [0.4, 0.5) is 4.39 Å². The first-order chi connectivity index (χ1) is 7.13. The van der Waals surface area contributed by atoms with Crippen molar-refractivity contribution in [3.63, 3.8) is 0 Å². The molecule has 0 aliphatic heterocycles. The van der Waals surface area contributed by atoms with E-state index in [2.05, 4.69) is 11.1 Å². The van der Waals surface area contributed by atoms with Crippen LogP contribution in [-0.4, -0.2) is 9.55 Å². The number of aromatic nitrogens is 2. The van der Waals surface area contributed by atoms with Gasteiger partial charge in [-0.05, 0) is 25.1 Å². The number of nitrogens with zero attached hydrogens (tertiary/aromatic N) is 3. The monoisotopic (exact) mass is 203 g/mol. The van der Waals surface area contributed by atoms with Crippen LogP contribution in [0.5, 0.6) is 0 Å². The maximum Gasteiger partial charge on any atom is 0.126 e. The summed E-state index contributed by atoms with van der Waals surface area (Å²) in [4.78, 5) is 4.30. The normalized spacial score (nSPS) is 12.7. The Hall–Kier alpha value is -1.89. The summed E-state index contributed by atoms with van der Waals surface area (Å²) in [6.07, 6.45) is 0. The van der Waals surface area contributed by atoms with Gasteiger partial charge in [-0.2, -0.15) is 5.26 Å². The number of nitriles is 1. The van der Waals surface area contributed by atoms with E-state index < -0.39 is 0 Å². The predicted octanol–water partition coefficient (Wildman–Crippen LogP) is 2.34. The number of rotatable bonds is 1. The molecule has 1 atom stereocenters. The molecule has 2 rings (SSSR count). The Labute approximate surface area is 86.8 Å². The lowest BCUT2D eigenvalue weighted by molar-refractivity contribution is 0.628. The van der Waals surface area contributed by atoms with E-state index in [1.165, 1.54) is 12.1 Å². The van der Waals surface area contributed by atoms with Gasteiger partial charge in [-0.25, -0.2) is 9.37 Å². The van der Waals surface area contributed by atoms with Gasteiger partial charge in [0.25, 0.3) is 0 Å². The third-order valence-electron chi connectivity index (χ3n) is 2.46. The summed E-state index contributed by atoms with van der Waals surface area (Å²) in [5.74, 6) is 0.0882. The quantitative estimate of drug-likeness (QED) is 0.713. The van der Waals surface area contributed by atoms with Crippen molar-refractivity contribution in [3.8, 4) is 6.07 Å². The fourth-order valence-electron chi connectivity index (χ4n) is 1.63. The van der Waals surface area contributed by atoms with Crippen LogP contribution in [-0.2, 0) is 7.05 Å². The maximum atomic E-state index is 13.0. The highest BCUT2D eigenvalue weighted by Gasteiger charge is 2.13. The Kier molecular flexibility index (Phi) is 2.16. The number of imidazole rings is 1. The smallest absolute Gasteiger partial charge is 0.126 e. The first kappa shape index (κ1) is 9.66. The van der Waals surface area contributed by atoms with E-state index in [0.29, 0.717) is 11.3 Å². The third-order valence-corrected chi connectivity index (χ3v) is 2.46. The molecular formula is C11H10FN3. The molecule has 0 N–H and O–H groups in total. The zero-order valence-corrected chi connectivity index (χ0v) is 8.53. The molecule has 0 aliphatic rings. The summed E-state index contributed by atoms with van der Waals surface area (Å²) < 4.78 is 14.8. The van der Waals surface area contributed by atoms with E-state index in [-0.39, 0.29) is 11.7 Å². The summed E-state index contributed by atoms with van der Waals surface area (Å²) in [6, 6.07) is 6.54. The molecule has 1 aromatic carbocycles. The van der Waals surface area contributed by atoms with E-state index in [1.54, 1.807) is 24.6 Å². The number of fused-ring (bicyclic) bond motifs is 1. The van der Waals surface area contributed by atoms with Gasteiger partial charge in [0, 0.05) is 7.05 Å². The van der Waals surface area contributed by atoms with Crippen LogP contribution in [0, 0.1) is 17.1 Å². The molecule has 1 aromatic heterocycles. The van der Waals surface area contributed by atoms with Crippen molar-refractivity contribution in [3.05, 3.63) is 29.8 Å². The second-order valence-electron chi connectivity index (χ2n) is 3.51. The van der Waals surface area contributed by atoms with Gasteiger partial charge in [0.1, 0.15) is 17.6 Å².